The second-order valence-corrected chi connectivity index (χ2v) is 8.68. The molecule has 0 radical (unpaired) electrons. The van der Waals surface area contributed by atoms with E-state index < -0.39 is 11.7 Å². The number of methoxy groups -OCH3 is 1. The maximum atomic E-state index is 13.3. The first kappa shape index (κ1) is 25.7. The highest BCUT2D eigenvalue weighted by Crippen LogP contribution is 2.29. The van der Waals surface area contributed by atoms with Gasteiger partial charge in [0.15, 0.2) is 0 Å². The summed E-state index contributed by atoms with van der Waals surface area (Å²) < 4.78 is 46.8. The number of hydrogen-bond acceptors (Lipinski definition) is 5. The second-order valence-electron chi connectivity index (χ2n) is 8.68. The van der Waals surface area contributed by atoms with Crippen molar-refractivity contribution in [3.05, 3.63) is 114 Å². The summed E-state index contributed by atoms with van der Waals surface area (Å²) in [5.41, 5.74) is 2.86. The fourth-order valence-electron chi connectivity index (χ4n) is 3.96. The Hall–Kier alpha value is -4.93. The van der Waals surface area contributed by atoms with E-state index in [0.717, 1.165) is 23.4 Å². The van der Waals surface area contributed by atoms with Gasteiger partial charge in [-0.1, -0.05) is 35.5 Å². The number of nitrogens with one attached hydrogen (secondary N) is 1. The van der Waals surface area contributed by atoms with Crippen LogP contribution in [0.25, 0.3) is 16.9 Å². The lowest BCUT2D eigenvalue weighted by Crippen LogP contribution is -2.23. The van der Waals surface area contributed by atoms with Gasteiger partial charge in [-0.3, -0.25) is 4.79 Å². The van der Waals surface area contributed by atoms with Crippen molar-refractivity contribution in [2.24, 2.45) is 0 Å². The molecule has 0 fully saturated rings. The third kappa shape index (κ3) is 5.98. The number of amides is 1. The van der Waals surface area contributed by atoms with E-state index in [1.165, 1.54) is 16.8 Å². The first-order valence-electron chi connectivity index (χ1n) is 11.9. The largest absolute Gasteiger partial charge is 0.497 e. The van der Waals surface area contributed by atoms with E-state index in [9.17, 15) is 18.0 Å². The van der Waals surface area contributed by atoms with E-state index >= 15 is 0 Å². The SMILES string of the molecule is COc1ccc(-c2nn(-c3ccccc3)cc2C(=O)NCc2cn(Cc3ccc(C(F)(F)F)cc3)nn2)cc1. The maximum absolute atomic E-state index is 13.3. The van der Waals surface area contributed by atoms with Crippen molar-refractivity contribution in [2.45, 2.75) is 19.3 Å². The molecule has 0 saturated carbocycles. The predicted octanol–water partition coefficient (Wildman–Crippen LogP) is 5.14. The summed E-state index contributed by atoms with van der Waals surface area (Å²) in [6.07, 6.45) is -1.08. The number of para-hydroxylation sites is 1. The maximum Gasteiger partial charge on any atom is 0.416 e. The van der Waals surface area contributed by atoms with Crippen LogP contribution < -0.4 is 10.1 Å². The Balaban J connectivity index is 1.31. The topological polar surface area (TPSA) is 86.9 Å². The van der Waals surface area contributed by atoms with Crippen molar-refractivity contribution >= 4 is 5.91 Å². The fourth-order valence-corrected chi connectivity index (χ4v) is 3.96. The molecule has 0 unspecified atom stereocenters. The Labute approximate surface area is 221 Å². The van der Waals surface area contributed by atoms with Crippen LogP contribution in [0.15, 0.2) is 91.3 Å². The zero-order valence-corrected chi connectivity index (χ0v) is 20.8. The van der Waals surface area contributed by atoms with Gasteiger partial charge in [0.05, 0.1) is 43.2 Å². The van der Waals surface area contributed by atoms with Crippen molar-refractivity contribution < 1.29 is 22.7 Å². The molecule has 5 aromatic rings. The van der Waals surface area contributed by atoms with Crippen LogP contribution in [-0.4, -0.2) is 37.8 Å². The van der Waals surface area contributed by atoms with Gasteiger partial charge in [-0.05, 0) is 54.1 Å². The van der Waals surface area contributed by atoms with E-state index in [1.54, 1.807) is 36.3 Å². The zero-order valence-electron chi connectivity index (χ0n) is 20.8. The summed E-state index contributed by atoms with van der Waals surface area (Å²) in [6.45, 7) is 0.342. The zero-order chi connectivity index (χ0) is 27.4. The number of nitrogens with zero attached hydrogens (tertiary/aromatic N) is 5. The Morgan fingerprint density at radius 1 is 0.949 bits per heavy atom. The van der Waals surface area contributed by atoms with Gasteiger partial charge in [-0.25, -0.2) is 9.36 Å². The number of halogens is 3. The summed E-state index contributed by atoms with van der Waals surface area (Å²) in [7, 11) is 1.58. The monoisotopic (exact) mass is 532 g/mol. The Bertz CT molecular complexity index is 1560. The Morgan fingerprint density at radius 2 is 1.67 bits per heavy atom. The van der Waals surface area contributed by atoms with Crippen molar-refractivity contribution in [1.29, 1.82) is 0 Å². The first-order valence-corrected chi connectivity index (χ1v) is 11.9. The molecule has 0 bridgehead atoms. The average Bonchev–Trinajstić information content (AvgIpc) is 3.60. The van der Waals surface area contributed by atoms with E-state index in [2.05, 4.69) is 20.7 Å². The number of alkyl halides is 3. The molecule has 0 atom stereocenters. The summed E-state index contributed by atoms with van der Waals surface area (Å²) in [5.74, 6) is 0.340. The third-order valence-corrected chi connectivity index (χ3v) is 5.99. The highest BCUT2D eigenvalue weighted by Gasteiger charge is 2.30. The molecule has 0 aliphatic rings. The molecule has 3 aromatic carbocycles. The van der Waals surface area contributed by atoms with Gasteiger partial charge < -0.3 is 10.1 Å². The van der Waals surface area contributed by atoms with Crippen LogP contribution in [0.1, 0.15) is 27.2 Å². The second kappa shape index (κ2) is 10.8. The third-order valence-electron chi connectivity index (χ3n) is 5.99. The predicted molar refractivity (Wildman–Crippen MR) is 137 cm³/mol. The molecule has 11 heteroatoms. The molecule has 198 valence electrons. The number of carbonyl (C=O) groups is 1. The summed E-state index contributed by atoms with van der Waals surface area (Å²) in [6, 6.07) is 21.6. The standard InChI is InChI=1S/C28H23F3N6O2/c1-39-24-13-9-20(10-14-24)26-25(18-37(34-26)23-5-3-2-4-6-23)27(38)32-15-22-17-36(35-33-22)16-19-7-11-21(12-8-19)28(29,30)31/h2-14,17-18H,15-16H2,1H3,(H,32,38). The van der Waals surface area contributed by atoms with E-state index in [-0.39, 0.29) is 19.0 Å². The van der Waals surface area contributed by atoms with Gasteiger partial charge in [0.25, 0.3) is 5.91 Å². The summed E-state index contributed by atoms with van der Waals surface area (Å²) in [5, 5.41) is 15.6. The van der Waals surface area contributed by atoms with E-state index in [4.69, 9.17) is 4.74 Å². The van der Waals surface area contributed by atoms with Crippen LogP contribution in [0, 0.1) is 0 Å². The van der Waals surface area contributed by atoms with Crippen LogP contribution in [0.2, 0.25) is 0 Å². The molecule has 0 saturated heterocycles. The summed E-state index contributed by atoms with van der Waals surface area (Å²) in [4.78, 5) is 13.3. The van der Waals surface area contributed by atoms with Crippen LogP contribution >= 0.6 is 0 Å². The Morgan fingerprint density at radius 3 is 2.33 bits per heavy atom. The molecule has 1 N–H and O–H groups in total. The van der Waals surface area contributed by atoms with Crippen LogP contribution in [0.5, 0.6) is 5.75 Å². The number of hydrogen-bond donors (Lipinski definition) is 1. The van der Waals surface area contributed by atoms with Gasteiger partial charge in [0.1, 0.15) is 17.1 Å². The highest BCUT2D eigenvalue weighted by atomic mass is 19.4. The molecule has 1 amide bonds. The molecule has 0 aliphatic carbocycles. The minimum atomic E-state index is -4.39. The molecular formula is C28H23F3N6O2. The van der Waals surface area contributed by atoms with E-state index in [0.29, 0.717) is 28.3 Å². The molecule has 0 spiro atoms. The molecule has 2 aromatic heterocycles. The molecule has 8 nitrogen and oxygen atoms in total. The Kier molecular flexibility index (Phi) is 7.13. The fraction of sp³-hybridized carbons (Fsp3) is 0.143. The lowest BCUT2D eigenvalue weighted by atomic mass is 10.1. The lowest BCUT2D eigenvalue weighted by molar-refractivity contribution is -0.137. The van der Waals surface area contributed by atoms with Gasteiger partial charge in [0.2, 0.25) is 0 Å². The average molecular weight is 533 g/mol. The summed E-state index contributed by atoms with van der Waals surface area (Å²) >= 11 is 0. The molecule has 2 heterocycles. The minimum Gasteiger partial charge on any atom is -0.497 e. The number of benzene rings is 3. The minimum absolute atomic E-state index is 0.102. The van der Waals surface area contributed by atoms with Crippen LogP contribution in [-0.2, 0) is 19.3 Å². The molecular weight excluding hydrogens is 509 g/mol. The number of aromatic nitrogens is 5. The normalized spacial score (nSPS) is 11.4. The van der Waals surface area contributed by atoms with Crippen LogP contribution in [0.4, 0.5) is 13.2 Å². The quantitative estimate of drug-likeness (QED) is 0.299. The number of ether oxygens (including phenoxy) is 1. The smallest absolute Gasteiger partial charge is 0.416 e. The highest BCUT2D eigenvalue weighted by molar-refractivity contribution is 5.99. The molecule has 0 aliphatic heterocycles. The van der Waals surface area contributed by atoms with E-state index in [1.807, 2.05) is 42.5 Å². The molecule has 5 rings (SSSR count). The first-order chi connectivity index (χ1) is 18.8. The van der Waals surface area contributed by atoms with Crippen molar-refractivity contribution in [1.82, 2.24) is 30.1 Å². The lowest BCUT2D eigenvalue weighted by Gasteiger charge is -2.07. The van der Waals surface area contributed by atoms with Gasteiger partial charge >= 0.3 is 6.18 Å². The van der Waals surface area contributed by atoms with Crippen molar-refractivity contribution in [3.8, 4) is 22.7 Å². The number of carbonyl (C=O) groups excluding carboxylic acids is 1. The van der Waals surface area contributed by atoms with Crippen LogP contribution in [0.3, 0.4) is 0 Å². The number of rotatable bonds is 8. The van der Waals surface area contributed by atoms with Gasteiger partial charge in [-0.15, -0.1) is 5.10 Å². The molecule has 39 heavy (non-hydrogen) atoms. The van der Waals surface area contributed by atoms with Gasteiger partial charge in [0, 0.05) is 11.8 Å². The van der Waals surface area contributed by atoms with Gasteiger partial charge in [-0.2, -0.15) is 18.3 Å². The van der Waals surface area contributed by atoms with Crippen molar-refractivity contribution in [3.63, 3.8) is 0 Å². The van der Waals surface area contributed by atoms with Crippen molar-refractivity contribution in [2.75, 3.05) is 7.11 Å².